The van der Waals surface area contributed by atoms with E-state index in [1.165, 1.54) is 0 Å². The molecule has 0 bridgehead atoms. The van der Waals surface area contributed by atoms with Crippen molar-refractivity contribution >= 4 is 34.8 Å². The summed E-state index contributed by atoms with van der Waals surface area (Å²) in [4.78, 5) is 40.6. The first kappa shape index (κ1) is 18.0. The number of hydrogen-bond acceptors (Lipinski definition) is 4. The summed E-state index contributed by atoms with van der Waals surface area (Å²) in [6.45, 7) is 1.88. The Morgan fingerprint density at radius 2 is 1.79 bits per heavy atom. The summed E-state index contributed by atoms with van der Waals surface area (Å²) < 4.78 is 0. The third-order valence-corrected chi connectivity index (χ3v) is 5.10. The number of para-hydroxylation sites is 3. The van der Waals surface area contributed by atoms with Gasteiger partial charge in [0.2, 0.25) is 17.7 Å². The molecule has 7 heteroatoms. The minimum Gasteiger partial charge on any atom is -0.359 e. The fourth-order valence-corrected chi connectivity index (χ4v) is 3.67. The number of carbonyl (C=O) groups is 3. The maximum absolute atomic E-state index is 12.8. The summed E-state index contributed by atoms with van der Waals surface area (Å²) in [7, 11) is 0. The van der Waals surface area contributed by atoms with Gasteiger partial charge in [-0.1, -0.05) is 30.3 Å². The summed E-state index contributed by atoms with van der Waals surface area (Å²) >= 11 is 0. The lowest BCUT2D eigenvalue weighted by Gasteiger charge is -2.30. The minimum atomic E-state index is -0.412. The van der Waals surface area contributed by atoms with Crippen LogP contribution >= 0.6 is 0 Å². The highest BCUT2D eigenvalue weighted by atomic mass is 16.2. The Kier molecular flexibility index (Phi) is 4.97. The van der Waals surface area contributed by atoms with Gasteiger partial charge in [0.25, 0.3) is 0 Å². The zero-order valence-corrected chi connectivity index (χ0v) is 15.4. The molecule has 3 amide bonds. The molecule has 0 aromatic heterocycles. The molecule has 0 aliphatic carbocycles. The molecular weight excluding hydrogens is 356 g/mol. The first-order chi connectivity index (χ1) is 13.6. The van der Waals surface area contributed by atoms with Crippen molar-refractivity contribution in [2.75, 3.05) is 41.3 Å². The number of nitrogens with zero attached hydrogens (tertiary/aromatic N) is 2. The molecule has 2 aliphatic heterocycles. The van der Waals surface area contributed by atoms with Crippen molar-refractivity contribution < 1.29 is 14.4 Å². The van der Waals surface area contributed by atoms with E-state index in [4.69, 9.17) is 0 Å². The second-order valence-corrected chi connectivity index (χ2v) is 7.02. The fraction of sp³-hybridized carbons (Fsp3) is 0.286. The van der Waals surface area contributed by atoms with E-state index in [0.29, 0.717) is 25.3 Å². The van der Waals surface area contributed by atoms with Gasteiger partial charge < -0.3 is 20.4 Å². The molecule has 2 aromatic rings. The Bertz CT molecular complexity index is 900. The normalized spacial score (nSPS) is 19.5. The van der Waals surface area contributed by atoms with Gasteiger partial charge in [-0.2, -0.15) is 0 Å². The fourth-order valence-electron chi connectivity index (χ4n) is 3.67. The molecular formula is C21H22N4O3. The van der Waals surface area contributed by atoms with Crippen LogP contribution in [0.3, 0.4) is 0 Å². The van der Waals surface area contributed by atoms with E-state index in [9.17, 15) is 14.4 Å². The predicted octanol–water partition coefficient (Wildman–Crippen LogP) is 1.61. The van der Waals surface area contributed by atoms with Gasteiger partial charge in [-0.25, -0.2) is 0 Å². The summed E-state index contributed by atoms with van der Waals surface area (Å²) in [5.74, 6) is -0.675. The standard InChI is InChI=1S/C21H22N4O3/c26-19-14-24(11-10-22-19)18-9-5-4-8-17(18)23-21(28)15-12-20(27)25(13-15)16-6-2-1-3-7-16/h1-9,15H,10-14H2,(H,22,26)(H,23,28). The van der Waals surface area contributed by atoms with Crippen molar-refractivity contribution in [1.29, 1.82) is 0 Å². The van der Waals surface area contributed by atoms with E-state index in [0.717, 1.165) is 11.4 Å². The molecule has 2 saturated heterocycles. The Morgan fingerprint density at radius 1 is 1.04 bits per heavy atom. The molecule has 28 heavy (non-hydrogen) atoms. The van der Waals surface area contributed by atoms with Crippen LogP contribution in [-0.4, -0.2) is 43.9 Å². The maximum Gasteiger partial charge on any atom is 0.239 e. The number of amides is 3. The number of carbonyl (C=O) groups excluding carboxylic acids is 3. The summed E-state index contributed by atoms with van der Waals surface area (Å²) in [6.07, 6.45) is 0.189. The van der Waals surface area contributed by atoms with Crippen molar-refractivity contribution in [3.8, 4) is 0 Å². The van der Waals surface area contributed by atoms with Crippen LogP contribution in [-0.2, 0) is 14.4 Å². The van der Waals surface area contributed by atoms with E-state index >= 15 is 0 Å². The smallest absolute Gasteiger partial charge is 0.239 e. The molecule has 0 saturated carbocycles. The average Bonchev–Trinajstić information content (AvgIpc) is 3.11. The SMILES string of the molecule is O=C1CN(c2ccccc2NC(=O)C2CC(=O)N(c3ccccc3)C2)CCN1. The summed E-state index contributed by atoms with van der Waals surface area (Å²) in [5.41, 5.74) is 2.28. The maximum atomic E-state index is 12.8. The van der Waals surface area contributed by atoms with Gasteiger partial charge in [0.05, 0.1) is 23.8 Å². The minimum absolute atomic E-state index is 0.0349. The van der Waals surface area contributed by atoms with Crippen LogP contribution in [0.1, 0.15) is 6.42 Å². The number of rotatable bonds is 4. The quantitative estimate of drug-likeness (QED) is 0.847. The van der Waals surface area contributed by atoms with Gasteiger partial charge in [0.1, 0.15) is 0 Å². The molecule has 2 aliphatic rings. The topological polar surface area (TPSA) is 81.8 Å². The molecule has 144 valence electrons. The van der Waals surface area contributed by atoms with Gasteiger partial charge >= 0.3 is 0 Å². The lowest BCUT2D eigenvalue weighted by Crippen LogP contribution is -2.48. The van der Waals surface area contributed by atoms with Crippen LogP contribution in [0, 0.1) is 5.92 Å². The van der Waals surface area contributed by atoms with E-state index in [-0.39, 0.29) is 30.7 Å². The molecule has 2 heterocycles. The van der Waals surface area contributed by atoms with Crippen molar-refractivity contribution in [3.05, 3.63) is 54.6 Å². The molecule has 1 atom stereocenters. The molecule has 7 nitrogen and oxygen atoms in total. The van der Waals surface area contributed by atoms with Gasteiger partial charge in [0.15, 0.2) is 0 Å². The van der Waals surface area contributed by atoms with E-state index < -0.39 is 5.92 Å². The highest BCUT2D eigenvalue weighted by Crippen LogP contribution is 2.29. The van der Waals surface area contributed by atoms with Crippen LogP contribution in [0.5, 0.6) is 0 Å². The van der Waals surface area contributed by atoms with E-state index in [1.54, 1.807) is 4.90 Å². The number of benzene rings is 2. The highest BCUT2D eigenvalue weighted by Gasteiger charge is 2.35. The van der Waals surface area contributed by atoms with Crippen LogP contribution in [0.2, 0.25) is 0 Å². The van der Waals surface area contributed by atoms with Gasteiger partial charge in [-0.3, -0.25) is 14.4 Å². The van der Waals surface area contributed by atoms with Crippen molar-refractivity contribution in [3.63, 3.8) is 0 Å². The highest BCUT2D eigenvalue weighted by molar-refractivity contribution is 6.04. The number of piperazine rings is 1. The molecule has 1 unspecified atom stereocenters. The Hall–Kier alpha value is -3.35. The Morgan fingerprint density at radius 3 is 2.57 bits per heavy atom. The second kappa shape index (κ2) is 7.72. The molecule has 0 spiro atoms. The van der Waals surface area contributed by atoms with Crippen molar-refractivity contribution in [1.82, 2.24) is 5.32 Å². The van der Waals surface area contributed by atoms with Crippen LogP contribution in [0.4, 0.5) is 17.1 Å². The monoisotopic (exact) mass is 378 g/mol. The van der Waals surface area contributed by atoms with E-state index in [1.807, 2.05) is 59.5 Å². The van der Waals surface area contributed by atoms with Gasteiger partial charge in [-0.15, -0.1) is 0 Å². The third kappa shape index (κ3) is 3.69. The Balaban J connectivity index is 1.47. The Labute approximate surface area is 163 Å². The average molecular weight is 378 g/mol. The number of hydrogen-bond donors (Lipinski definition) is 2. The zero-order valence-electron chi connectivity index (χ0n) is 15.4. The largest absolute Gasteiger partial charge is 0.359 e. The first-order valence-corrected chi connectivity index (χ1v) is 9.39. The number of nitrogens with one attached hydrogen (secondary N) is 2. The van der Waals surface area contributed by atoms with Crippen LogP contribution in [0.15, 0.2) is 54.6 Å². The lowest BCUT2D eigenvalue weighted by molar-refractivity contribution is -0.122. The molecule has 2 fully saturated rings. The molecule has 2 aromatic carbocycles. The van der Waals surface area contributed by atoms with Crippen molar-refractivity contribution in [2.24, 2.45) is 5.92 Å². The first-order valence-electron chi connectivity index (χ1n) is 9.39. The summed E-state index contributed by atoms with van der Waals surface area (Å²) in [6, 6.07) is 16.8. The second-order valence-electron chi connectivity index (χ2n) is 7.02. The predicted molar refractivity (Wildman–Crippen MR) is 107 cm³/mol. The molecule has 0 radical (unpaired) electrons. The van der Waals surface area contributed by atoms with Crippen molar-refractivity contribution in [2.45, 2.75) is 6.42 Å². The van der Waals surface area contributed by atoms with Gasteiger partial charge in [0, 0.05) is 31.7 Å². The third-order valence-electron chi connectivity index (χ3n) is 5.10. The molecule has 2 N–H and O–H groups in total. The van der Waals surface area contributed by atoms with Crippen LogP contribution < -0.4 is 20.4 Å². The van der Waals surface area contributed by atoms with Crippen LogP contribution in [0.25, 0.3) is 0 Å². The van der Waals surface area contributed by atoms with E-state index in [2.05, 4.69) is 10.6 Å². The number of anilines is 3. The molecule has 4 rings (SSSR count). The zero-order chi connectivity index (χ0) is 19.5. The summed E-state index contributed by atoms with van der Waals surface area (Å²) in [5, 5.41) is 5.77. The van der Waals surface area contributed by atoms with Gasteiger partial charge in [-0.05, 0) is 24.3 Å². The lowest BCUT2D eigenvalue weighted by atomic mass is 10.1.